The zero-order chi connectivity index (χ0) is 13.4. The predicted octanol–water partition coefficient (Wildman–Crippen LogP) is -0.229. The zero-order valence-corrected chi connectivity index (χ0v) is 11.2. The zero-order valence-electron chi connectivity index (χ0n) is 10.3. The van der Waals surface area contributed by atoms with Crippen LogP contribution in [0.2, 0.25) is 0 Å². The maximum Gasteiger partial charge on any atom is 0.321 e. The van der Waals surface area contributed by atoms with Crippen LogP contribution < -0.4 is 5.73 Å². The van der Waals surface area contributed by atoms with Crippen LogP contribution >= 0.6 is 11.8 Å². The van der Waals surface area contributed by atoms with Crippen LogP contribution in [-0.4, -0.2) is 65.7 Å². The Morgan fingerprint density at radius 1 is 1.39 bits per heavy atom. The molecule has 0 radical (unpaired) electrons. The lowest BCUT2D eigenvalue weighted by Gasteiger charge is -2.26. The molecule has 0 saturated carbocycles. The molecule has 1 atom stereocenters. The molecule has 0 spiro atoms. The quantitative estimate of drug-likeness (QED) is 0.624. The van der Waals surface area contributed by atoms with E-state index in [0.717, 1.165) is 12.2 Å². The number of carboxylic acid groups (broad SMARTS) is 1. The van der Waals surface area contributed by atoms with Gasteiger partial charge in [0.1, 0.15) is 6.04 Å². The van der Waals surface area contributed by atoms with Crippen molar-refractivity contribution in [3.63, 3.8) is 0 Å². The van der Waals surface area contributed by atoms with Crippen LogP contribution in [0.25, 0.3) is 0 Å². The van der Waals surface area contributed by atoms with Gasteiger partial charge in [-0.05, 0) is 12.2 Å². The molecule has 3 N–H and O–H groups in total. The molecule has 7 heteroatoms. The molecule has 1 aliphatic heterocycles. The third-order valence-corrected chi connectivity index (χ3v) is 3.83. The first-order valence-electron chi connectivity index (χ1n) is 6.03. The van der Waals surface area contributed by atoms with Crippen molar-refractivity contribution in [2.24, 2.45) is 5.73 Å². The number of carbonyl (C=O) groups is 2. The third kappa shape index (κ3) is 5.70. The first-order valence-corrected chi connectivity index (χ1v) is 7.18. The average Bonchev–Trinajstić information content (AvgIpc) is 2.38. The Bertz CT molecular complexity index is 282. The van der Waals surface area contributed by atoms with Crippen molar-refractivity contribution in [3.05, 3.63) is 0 Å². The number of carboxylic acids is 1. The molecular weight excluding hydrogens is 256 g/mol. The molecule has 0 aromatic rings. The molecule has 1 aliphatic rings. The summed E-state index contributed by atoms with van der Waals surface area (Å²) in [5.74, 6) is 0.325. The van der Waals surface area contributed by atoms with Crippen LogP contribution in [0, 0.1) is 0 Å². The smallest absolute Gasteiger partial charge is 0.321 e. The van der Waals surface area contributed by atoms with E-state index in [4.69, 9.17) is 15.6 Å². The summed E-state index contributed by atoms with van der Waals surface area (Å²) in [6.45, 7) is 2.59. The number of ether oxygens (including phenoxy) is 1. The van der Waals surface area contributed by atoms with Crippen molar-refractivity contribution in [1.82, 2.24) is 4.90 Å². The number of aliphatic carboxylic acids is 1. The number of hydrogen-bond donors (Lipinski definition) is 2. The number of nitrogens with zero attached hydrogens (tertiary/aromatic N) is 1. The Kier molecular flexibility index (Phi) is 7.07. The maximum atomic E-state index is 11.7. The second-order valence-electron chi connectivity index (χ2n) is 4.12. The number of rotatable bonds is 7. The van der Waals surface area contributed by atoms with Gasteiger partial charge in [0.05, 0.1) is 13.2 Å². The summed E-state index contributed by atoms with van der Waals surface area (Å²) in [4.78, 5) is 24.0. The van der Waals surface area contributed by atoms with Gasteiger partial charge in [-0.1, -0.05) is 0 Å². The lowest BCUT2D eigenvalue weighted by molar-refractivity contribution is -0.138. The van der Waals surface area contributed by atoms with Crippen LogP contribution in [0.15, 0.2) is 0 Å². The van der Waals surface area contributed by atoms with Crippen LogP contribution in [-0.2, 0) is 14.3 Å². The highest BCUT2D eigenvalue weighted by Gasteiger charge is 2.16. The summed E-state index contributed by atoms with van der Waals surface area (Å²) in [6.07, 6.45) is 1.27. The molecule has 1 rings (SSSR count). The van der Waals surface area contributed by atoms with Gasteiger partial charge >= 0.3 is 5.97 Å². The van der Waals surface area contributed by atoms with Crippen LogP contribution in [0.3, 0.4) is 0 Å². The number of carbonyl (C=O) groups excluding carboxylic acids is 1. The lowest BCUT2D eigenvalue weighted by Crippen LogP contribution is -2.40. The molecule has 0 aliphatic carbocycles. The maximum absolute atomic E-state index is 11.7. The SMILES string of the molecule is NC(CSCCCC(=O)N1CCOCC1)C(=O)O. The van der Waals surface area contributed by atoms with Gasteiger partial charge in [-0.3, -0.25) is 9.59 Å². The molecule has 0 aromatic carbocycles. The Morgan fingerprint density at radius 3 is 2.67 bits per heavy atom. The average molecular weight is 276 g/mol. The van der Waals surface area contributed by atoms with Crippen LogP contribution in [0.4, 0.5) is 0 Å². The fourth-order valence-electron chi connectivity index (χ4n) is 1.58. The minimum absolute atomic E-state index is 0.154. The molecule has 0 bridgehead atoms. The van der Waals surface area contributed by atoms with Crippen molar-refractivity contribution >= 4 is 23.6 Å². The number of morpholine rings is 1. The standard InChI is InChI=1S/C11H20N2O4S/c12-9(11(15)16)8-18-7-1-2-10(14)13-3-5-17-6-4-13/h9H,1-8,12H2,(H,15,16). The summed E-state index contributed by atoms with van der Waals surface area (Å²) >= 11 is 1.48. The van der Waals surface area contributed by atoms with Gasteiger partial charge in [0, 0.05) is 25.3 Å². The first-order chi connectivity index (χ1) is 8.61. The fraction of sp³-hybridized carbons (Fsp3) is 0.818. The number of amides is 1. The molecule has 104 valence electrons. The number of thioether (sulfide) groups is 1. The highest BCUT2D eigenvalue weighted by Crippen LogP contribution is 2.08. The second kappa shape index (κ2) is 8.34. The highest BCUT2D eigenvalue weighted by atomic mass is 32.2. The molecule has 1 heterocycles. The minimum Gasteiger partial charge on any atom is -0.480 e. The summed E-state index contributed by atoms with van der Waals surface area (Å²) in [7, 11) is 0. The fourth-order valence-corrected chi connectivity index (χ4v) is 2.49. The van der Waals surface area contributed by atoms with Crippen LogP contribution in [0.5, 0.6) is 0 Å². The molecule has 1 saturated heterocycles. The van der Waals surface area contributed by atoms with Crippen molar-refractivity contribution < 1.29 is 19.4 Å². The topological polar surface area (TPSA) is 92.9 Å². The Balaban J connectivity index is 2.03. The van der Waals surface area contributed by atoms with E-state index in [-0.39, 0.29) is 5.91 Å². The normalized spacial score (nSPS) is 17.5. The van der Waals surface area contributed by atoms with Crippen molar-refractivity contribution in [2.75, 3.05) is 37.8 Å². The van der Waals surface area contributed by atoms with E-state index in [9.17, 15) is 9.59 Å². The van der Waals surface area contributed by atoms with Crippen molar-refractivity contribution in [1.29, 1.82) is 0 Å². The third-order valence-electron chi connectivity index (χ3n) is 2.66. The van der Waals surface area contributed by atoms with Gasteiger partial charge in [-0.15, -0.1) is 0 Å². The number of nitrogens with two attached hydrogens (primary N) is 1. The van der Waals surface area contributed by atoms with Crippen LogP contribution in [0.1, 0.15) is 12.8 Å². The first kappa shape index (κ1) is 15.3. The van der Waals surface area contributed by atoms with Gasteiger partial charge in [0.2, 0.25) is 5.91 Å². The highest BCUT2D eigenvalue weighted by molar-refractivity contribution is 7.99. The summed E-state index contributed by atoms with van der Waals surface area (Å²) in [5.41, 5.74) is 5.37. The molecule has 0 aromatic heterocycles. The second-order valence-corrected chi connectivity index (χ2v) is 5.27. The van der Waals surface area contributed by atoms with E-state index in [1.165, 1.54) is 11.8 Å². The predicted molar refractivity (Wildman–Crippen MR) is 69.6 cm³/mol. The lowest BCUT2D eigenvalue weighted by atomic mass is 10.3. The largest absolute Gasteiger partial charge is 0.480 e. The Hall–Kier alpha value is -0.790. The molecule has 18 heavy (non-hydrogen) atoms. The van der Waals surface area contributed by atoms with E-state index in [1.54, 1.807) is 0 Å². The van der Waals surface area contributed by atoms with Gasteiger partial charge in [-0.2, -0.15) is 11.8 Å². The van der Waals surface area contributed by atoms with E-state index in [2.05, 4.69) is 0 Å². The summed E-state index contributed by atoms with van der Waals surface area (Å²) in [6, 6.07) is -0.815. The van der Waals surface area contributed by atoms with Gasteiger partial charge in [0.15, 0.2) is 0 Å². The summed E-state index contributed by atoms with van der Waals surface area (Å²) in [5, 5.41) is 8.59. The monoisotopic (exact) mass is 276 g/mol. The van der Waals surface area contributed by atoms with E-state index < -0.39 is 12.0 Å². The molecular formula is C11H20N2O4S. The summed E-state index contributed by atoms with van der Waals surface area (Å²) < 4.78 is 5.17. The Morgan fingerprint density at radius 2 is 2.06 bits per heavy atom. The van der Waals surface area contributed by atoms with Crippen molar-refractivity contribution in [2.45, 2.75) is 18.9 Å². The molecule has 1 fully saturated rings. The van der Waals surface area contributed by atoms with E-state index >= 15 is 0 Å². The Labute approximate surface area is 111 Å². The van der Waals surface area contributed by atoms with E-state index in [1.807, 2.05) is 4.90 Å². The molecule has 1 amide bonds. The molecule has 6 nitrogen and oxygen atoms in total. The van der Waals surface area contributed by atoms with Gasteiger partial charge in [-0.25, -0.2) is 0 Å². The van der Waals surface area contributed by atoms with Gasteiger partial charge in [0.25, 0.3) is 0 Å². The minimum atomic E-state index is -0.980. The number of hydrogen-bond acceptors (Lipinski definition) is 5. The van der Waals surface area contributed by atoms with Gasteiger partial charge < -0.3 is 20.5 Å². The molecule has 1 unspecified atom stereocenters. The van der Waals surface area contributed by atoms with Crippen molar-refractivity contribution in [3.8, 4) is 0 Å². The van der Waals surface area contributed by atoms with E-state index in [0.29, 0.717) is 38.5 Å².